The van der Waals surface area contributed by atoms with Crippen LogP contribution in [0.5, 0.6) is 0 Å². The van der Waals surface area contributed by atoms with Crippen LogP contribution in [-0.4, -0.2) is 6.54 Å². The van der Waals surface area contributed by atoms with Crippen molar-refractivity contribution < 1.29 is 0 Å². The van der Waals surface area contributed by atoms with Gasteiger partial charge in [0.15, 0.2) is 0 Å². The lowest BCUT2D eigenvalue weighted by molar-refractivity contribution is 0.611. The molecule has 0 saturated heterocycles. The number of nitrogens with one attached hydrogen (secondary N) is 1. The lowest BCUT2D eigenvalue weighted by Gasteiger charge is -2.16. The molecular weight excluding hydrogens is 326 g/mol. The van der Waals surface area contributed by atoms with Crippen LogP contribution in [0.4, 0.5) is 0 Å². The topological polar surface area (TPSA) is 12.0 Å². The number of halogens is 1. The maximum absolute atomic E-state index is 3.67. The molecule has 1 unspecified atom stereocenters. The van der Waals surface area contributed by atoms with Crippen molar-refractivity contribution in [1.29, 1.82) is 0 Å². The maximum atomic E-state index is 3.67. The Morgan fingerprint density at radius 2 is 2.17 bits per heavy atom. The van der Waals surface area contributed by atoms with Gasteiger partial charge in [0.2, 0.25) is 0 Å². The van der Waals surface area contributed by atoms with E-state index >= 15 is 0 Å². The summed E-state index contributed by atoms with van der Waals surface area (Å²) in [5.74, 6) is 0. The van der Waals surface area contributed by atoms with Gasteiger partial charge < -0.3 is 5.32 Å². The molecule has 0 aliphatic heterocycles. The zero-order valence-corrected chi connectivity index (χ0v) is 14.1. The normalized spacial score (nSPS) is 12.9. The zero-order chi connectivity index (χ0) is 13.1. The Balaban J connectivity index is 2.33. The van der Waals surface area contributed by atoms with E-state index in [1.165, 1.54) is 24.7 Å². The summed E-state index contributed by atoms with van der Waals surface area (Å²) in [7, 11) is 0. The molecule has 2 rings (SSSR count). The second-order valence-electron chi connectivity index (χ2n) is 4.41. The molecular formula is C14H18BrNS2. The molecule has 4 heteroatoms. The molecule has 18 heavy (non-hydrogen) atoms. The smallest absolute Gasteiger partial charge is 0.0768 e. The largest absolute Gasteiger partial charge is 0.305 e. The highest BCUT2D eigenvalue weighted by Crippen LogP contribution is 2.36. The summed E-state index contributed by atoms with van der Waals surface area (Å²) >= 11 is 7.34. The van der Waals surface area contributed by atoms with Crippen molar-refractivity contribution in [3.8, 4) is 0 Å². The Labute approximate surface area is 125 Å². The fourth-order valence-corrected chi connectivity index (χ4v) is 4.66. The number of hydrogen-bond donors (Lipinski definition) is 1. The van der Waals surface area contributed by atoms with Gasteiger partial charge in [-0.05, 0) is 65.8 Å². The number of hydrogen-bond acceptors (Lipinski definition) is 3. The van der Waals surface area contributed by atoms with Gasteiger partial charge in [0, 0.05) is 19.1 Å². The van der Waals surface area contributed by atoms with Crippen LogP contribution < -0.4 is 5.32 Å². The van der Waals surface area contributed by atoms with Crippen LogP contribution in [0.2, 0.25) is 0 Å². The molecule has 0 spiro atoms. The van der Waals surface area contributed by atoms with Crippen molar-refractivity contribution in [2.24, 2.45) is 0 Å². The first kappa shape index (κ1) is 14.3. The fourth-order valence-electron chi connectivity index (χ4n) is 1.92. The van der Waals surface area contributed by atoms with Crippen molar-refractivity contribution in [2.75, 3.05) is 6.54 Å². The van der Waals surface area contributed by atoms with Crippen LogP contribution in [0.1, 0.15) is 39.6 Å². The highest BCUT2D eigenvalue weighted by atomic mass is 79.9. The summed E-state index contributed by atoms with van der Waals surface area (Å²) in [4.78, 5) is 4.19. The minimum absolute atomic E-state index is 0.347. The third-order valence-corrected chi connectivity index (χ3v) is 6.21. The van der Waals surface area contributed by atoms with Gasteiger partial charge in [-0.15, -0.1) is 22.7 Å². The van der Waals surface area contributed by atoms with Crippen LogP contribution in [-0.2, 0) is 0 Å². The van der Waals surface area contributed by atoms with Crippen molar-refractivity contribution in [1.82, 2.24) is 5.32 Å². The SMILES string of the molecule is CCCNC(c1cc(Br)c(C)s1)c1sccc1C. The van der Waals surface area contributed by atoms with E-state index in [9.17, 15) is 0 Å². The number of thiophene rings is 2. The third-order valence-electron chi connectivity index (χ3n) is 2.92. The monoisotopic (exact) mass is 343 g/mol. The van der Waals surface area contributed by atoms with E-state index in [0.717, 1.165) is 13.0 Å². The van der Waals surface area contributed by atoms with E-state index in [-0.39, 0.29) is 0 Å². The molecule has 2 heterocycles. The van der Waals surface area contributed by atoms with E-state index < -0.39 is 0 Å². The Morgan fingerprint density at radius 1 is 1.39 bits per heavy atom. The summed E-state index contributed by atoms with van der Waals surface area (Å²) < 4.78 is 1.22. The molecule has 0 radical (unpaired) electrons. The average Bonchev–Trinajstić information content (AvgIpc) is 2.88. The van der Waals surface area contributed by atoms with Gasteiger partial charge in [-0.1, -0.05) is 6.92 Å². The van der Waals surface area contributed by atoms with Gasteiger partial charge in [0.05, 0.1) is 6.04 Å². The second kappa shape index (κ2) is 6.33. The Kier molecular flexibility index (Phi) is 5.01. The first-order valence-electron chi connectivity index (χ1n) is 6.16. The predicted octanol–water partition coefficient (Wildman–Crippen LogP) is 5.28. The van der Waals surface area contributed by atoms with Crippen LogP contribution in [0, 0.1) is 13.8 Å². The quantitative estimate of drug-likeness (QED) is 0.778. The first-order valence-corrected chi connectivity index (χ1v) is 8.65. The molecule has 2 aromatic rings. The summed E-state index contributed by atoms with van der Waals surface area (Å²) in [6.07, 6.45) is 1.16. The summed E-state index contributed by atoms with van der Waals surface area (Å²) in [5, 5.41) is 5.85. The molecule has 0 fully saturated rings. The molecule has 0 aliphatic carbocycles. The van der Waals surface area contributed by atoms with E-state index in [0.29, 0.717) is 6.04 Å². The van der Waals surface area contributed by atoms with E-state index in [1.807, 2.05) is 22.7 Å². The van der Waals surface area contributed by atoms with Crippen molar-refractivity contribution >= 4 is 38.6 Å². The summed E-state index contributed by atoms with van der Waals surface area (Å²) in [6, 6.07) is 4.81. The summed E-state index contributed by atoms with van der Waals surface area (Å²) in [6.45, 7) is 7.62. The lowest BCUT2D eigenvalue weighted by Crippen LogP contribution is -2.22. The number of rotatable bonds is 5. The molecule has 2 aromatic heterocycles. The molecule has 0 aliphatic rings. The Hall–Kier alpha value is -0.160. The minimum atomic E-state index is 0.347. The molecule has 0 aromatic carbocycles. The average molecular weight is 344 g/mol. The van der Waals surface area contributed by atoms with Gasteiger partial charge in [0.25, 0.3) is 0 Å². The fraction of sp³-hybridized carbons (Fsp3) is 0.429. The Bertz CT molecular complexity index is 496. The molecule has 98 valence electrons. The molecule has 1 atom stereocenters. The van der Waals surface area contributed by atoms with E-state index in [4.69, 9.17) is 0 Å². The van der Waals surface area contributed by atoms with Crippen molar-refractivity contribution in [3.63, 3.8) is 0 Å². The standard InChI is InChI=1S/C14H18BrNS2/c1-4-6-16-13(14-9(2)5-7-17-14)12-8-11(15)10(3)18-12/h5,7-8,13,16H,4,6H2,1-3H3. The van der Waals surface area contributed by atoms with Crippen LogP contribution in [0.15, 0.2) is 22.0 Å². The van der Waals surface area contributed by atoms with Gasteiger partial charge in [-0.2, -0.15) is 0 Å². The van der Waals surface area contributed by atoms with E-state index in [1.54, 1.807) is 0 Å². The highest BCUT2D eigenvalue weighted by Gasteiger charge is 2.19. The summed E-state index contributed by atoms with van der Waals surface area (Å²) in [5.41, 5.74) is 1.38. The Morgan fingerprint density at radius 3 is 2.67 bits per heavy atom. The minimum Gasteiger partial charge on any atom is -0.305 e. The molecule has 0 saturated carbocycles. The third kappa shape index (κ3) is 3.05. The van der Waals surface area contributed by atoms with Gasteiger partial charge >= 0.3 is 0 Å². The second-order valence-corrected chi connectivity index (χ2v) is 7.50. The van der Waals surface area contributed by atoms with Crippen molar-refractivity contribution in [2.45, 2.75) is 33.2 Å². The lowest BCUT2D eigenvalue weighted by atomic mass is 10.1. The maximum Gasteiger partial charge on any atom is 0.0768 e. The first-order chi connectivity index (χ1) is 8.63. The number of aryl methyl sites for hydroxylation is 2. The van der Waals surface area contributed by atoms with Crippen molar-refractivity contribution in [3.05, 3.63) is 42.2 Å². The van der Waals surface area contributed by atoms with Gasteiger partial charge in [-0.3, -0.25) is 0 Å². The van der Waals surface area contributed by atoms with E-state index in [2.05, 4.69) is 59.5 Å². The molecule has 0 bridgehead atoms. The highest BCUT2D eigenvalue weighted by molar-refractivity contribution is 9.10. The van der Waals surface area contributed by atoms with Gasteiger partial charge in [0.1, 0.15) is 0 Å². The van der Waals surface area contributed by atoms with Crippen LogP contribution in [0.25, 0.3) is 0 Å². The van der Waals surface area contributed by atoms with Crippen LogP contribution in [0.3, 0.4) is 0 Å². The van der Waals surface area contributed by atoms with Crippen LogP contribution >= 0.6 is 38.6 Å². The molecule has 1 nitrogen and oxygen atoms in total. The van der Waals surface area contributed by atoms with Gasteiger partial charge in [-0.25, -0.2) is 0 Å². The molecule has 1 N–H and O–H groups in total. The zero-order valence-electron chi connectivity index (χ0n) is 10.9. The predicted molar refractivity (Wildman–Crippen MR) is 85.9 cm³/mol. The molecule has 0 amide bonds.